The van der Waals surface area contributed by atoms with Crippen molar-refractivity contribution >= 4 is 63.6 Å². The maximum Gasteiger partial charge on any atom is 0.313 e. The lowest BCUT2D eigenvalue weighted by atomic mass is 9.81. The van der Waals surface area contributed by atoms with Crippen molar-refractivity contribution in [3.8, 4) is 5.75 Å². The van der Waals surface area contributed by atoms with Crippen LogP contribution in [0.25, 0.3) is 0 Å². The first-order valence-electron chi connectivity index (χ1n) is 5.23. The predicted octanol–water partition coefficient (Wildman–Crippen LogP) is 3.22. The van der Waals surface area contributed by atoms with Gasteiger partial charge < -0.3 is 15.6 Å². The SMILES string of the molecule is COC(=O)C(C)(C)[C@@H](N)c1cc(I)cc(I)c1O.Cl. The number of carbonyl (C=O) groups is 1. The van der Waals surface area contributed by atoms with Crippen LogP contribution in [0.3, 0.4) is 0 Å². The van der Waals surface area contributed by atoms with Crippen LogP contribution in [0.1, 0.15) is 25.5 Å². The zero-order chi connectivity index (χ0) is 14.1. The summed E-state index contributed by atoms with van der Waals surface area (Å²) in [6.45, 7) is 3.41. The molecule has 0 aliphatic carbocycles. The van der Waals surface area contributed by atoms with Gasteiger partial charge in [-0.3, -0.25) is 4.79 Å². The van der Waals surface area contributed by atoms with Crippen LogP contribution in [-0.4, -0.2) is 18.2 Å². The van der Waals surface area contributed by atoms with E-state index in [0.717, 1.165) is 3.57 Å². The minimum absolute atomic E-state index is 0. The number of methoxy groups -OCH3 is 1. The summed E-state index contributed by atoms with van der Waals surface area (Å²) in [6.07, 6.45) is 0. The number of phenols is 1. The standard InChI is InChI=1S/C12H15I2NO3.ClH/c1-12(2,11(17)18-3)10(15)7-4-6(13)5-8(14)9(7)16;/h4-5,10,16H,15H2,1-3H3;1H/t10-;/m0./s1. The maximum absolute atomic E-state index is 11.7. The highest BCUT2D eigenvalue weighted by atomic mass is 127. The van der Waals surface area contributed by atoms with Crippen LogP contribution in [0, 0.1) is 12.6 Å². The van der Waals surface area contributed by atoms with Gasteiger partial charge in [0.2, 0.25) is 0 Å². The highest BCUT2D eigenvalue weighted by Crippen LogP contribution is 2.39. The van der Waals surface area contributed by atoms with Crippen molar-refractivity contribution in [3.05, 3.63) is 24.8 Å². The Morgan fingerprint density at radius 1 is 1.42 bits per heavy atom. The fourth-order valence-corrected chi connectivity index (χ4v) is 3.49. The molecule has 0 saturated heterocycles. The van der Waals surface area contributed by atoms with E-state index in [1.54, 1.807) is 19.9 Å². The Morgan fingerprint density at radius 2 is 1.95 bits per heavy atom. The number of ether oxygens (including phenoxy) is 1. The first kappa shape index (κ1) is 19.2. The number of hydrogen-bond donors (Lipinski definition) is 2. The summed E-state index contributed by atoms with van der Waals surface area (Å²) < 4.78 is 6.43. The molecule has 1 aromatic carbocycles. The average Bonchev–Trinajstić information content (AvgIpc) is 2.31. The molecule has 0 fully saturated rings. The molecular formula is C12H16ClI2NO3. The second-order valence-electron chi connectivity index (χ2n) is 4.52. The quantitative estimate of drug-likeness (QED) is 0.483. The number of esters is 1. The van der Waals surface area contributed by atoms with Gasteiger partial charge in [0, 0.05) is 15.2 Å². The molecule has 0 bridgehead atoms. The van der Waals surface area contributed by atoms with E-state index in [9.17, 15) is 9.90 Å². The molecule has 19 heavy (non-hydrogen) atoms. The normalized spacial score (nSPS) is 12.5. The maximum atomic E-state index is 11.7. The van der Waals surface area contributed by atoms with Crippen LogP contribution in [0.15, 0.2) is 12.1 Å². The Balaban J connectivity index is 0.00000324. The third-order valence-corrected chi connectivity index (χ3v) is 4.33. The first-order valence-corrected chi connectivity index (χ1v) is 7.39. The molecule has 0 aliphatic rings. The van der Waals surface area contributed by atoms with Crippen LogP contribution in [0.5, 0.6) is 5.75 Å². The number of nitrogens with two attached hydrogens (primary N) is 1. The zero-order valence-electron chi connectivity index (χ0n) is 10.7. The van der Waals surface area contributed by atoms with Crippen molar-refractivity contribution in [2.75, 3.05) is 7.11 Å². The van der Waals surface area contributed by atoms with Gasteiger partial charge in [0.1, 0.15) is 5.75 Å². The fourth-order valence-electron chi connectivity index (χ4n) is 1.60. The Kier molecular flexibility index (Phi) is 7.35. The average molecular weight is 512 g/mol. The predicted molar refractivity (Wildman–Crippen MR) is 93.5 cm³/mol. The summed E-state index contributed by atoms with van der Waals surface area (Å²) in [6, 6.07) is 3.00. The molecule has 4 nitrogen and oxygen atoms in total. The Morgan fingerprint density at radius 3 is 2.42 bits per heavy atom. The third-order valence-electron chi connectivity index (χ3n) is 2.88. The molecule has 1 aromatic rings. The summed E-state index contributed by atoms with van der Waals surface area (Å²) in [5.41, 5.74) is 5.77. The number of halogens is 3. The molecule has 1 rings (SSSR count). The molecule has 0 amide bonds. The minimum Gasteiger partial charge on any atom is -0.506 e. The van der Waals surface area contributed by atoms with Crippen LogP contribution >= 0.6 is 57.6 Å². The lowest BCUT2D eigenvalue weighted by Crippen LogP contribution is -2.37. The number of aromatic hydroxyl groups is 1. The molecule has 0 spiro atoms. The Bertz CT molecular complexity index is 480. The van der Waals surface area contributed by atoms with Crippen LogP contribution in [-0.2, 0) is 9.53 Å². The number of phenolic OH excluding ortho intramolecular Hbond substituents is 1. The molecule has 0 saturated carbocycles. The van der Waals surface area contributed by atoms with Crippen LogP contribution in [0.2, 0.25) is 0 Å². The van der Waals surface area contributed by atoms with Crippen LogP contribution < -0.4 is 5.73 Å². The molecule has 7 heteroatoms. The summed E-state index contributed by atoms with van der Waals surface area (Å²) in [5, 5.41) is 10.1. The monoisotopic (exact) mass is 511 g/mol. The summed E-state index contributed by atoms with van der Waals surface area (Å²) in [7, 11) is 1.33. The van der Waals surface area contributed by atoms with E-state index in [-0.39, 0.29) is 18.2 Å². The zero-order valence-corrected chi connectivity index (χ0v) is 15.9. The highest BCUT2D eigenvalue weighted by Gasteiger charge is 2.38. The second-order valence-corrected chi connectivity index (χ2v) is 6.92. The molecule has 0 radical (unpaired) electrons. The van der Waals surface area contributed by atoms with E-state index in [1.807, 2.05) is 28.7 Å². The van der Waals surface area contributed by atoms with Crippen LogP contribution in [0.4, 0.5) is 0 Å². The van der Waals surface area contributed by atoms with Gasteiger partial charge in [0.05, 0.1) is 16.1 Å². The van der Waals surface area contributed by atoms with E-state index < -0.39 is 17.4 Å². The van der Waals surface area contributed by atoms with Gasteiger partial charge in [0.25, 0.3) is 0 Å². The summed E-state index contributed by atoms with van der Waals surface area (Å²) >= 11 is 4.19. The smallest absolute Gasteiger partial charge is 0.313 e. The molecule has 3 N–H and O–H groups in total. The van der Waals surface area contributed by atoms with Crippen molar-refractivity contribution in [2.24, 2.45) is 11.1 Å². The molecule has 1 atom stereocenters. The van der Waals surface area contributed by atoms with Gasteiger partial charge in [-0.05, 0) is 71.2 Å². The minimum atomic E-state index is -0.903. The van der Waals surface area contributed by atoms with E-state index >= 15 is 0 Å². The first-order chi connectivity index (χ1) is 8.21. The molecule has 0 aliphatic heterocycles. The molecular weight excluding hydrogens is 495 g/mol. The van der Waals surface area contributed by atoms with Gasteiger partial charge in [0.15, 0.2) is 0 Å². The number of benzene rings is 1. The Hall–Kier alpha value is 0.200. The van der Waals surface area contributed by atoms with Gasteiger partial charge in [-0.2, -0.15) is 0 Å². The van der Waals surface area contributed by atoms with Crippen molar-refractivity contribution in [3.63, 3.8) is 0 Å². The number of rotatable bonds is 3. The third kappa shape index (κ3) is 4.08. The molecule has 0 heterocycles. The van der Waals surface area contributed by atoms with E-state index in [0.29, 0.717) is 9.13 Å². The largest absolute Gasteiger partial charge is 0.506 e. The summed E-state index contributed by atoms with van der Waals surface area (Å²) in [4.78, 5) is 11.7. The van der Waals surface area contributed by atoms with Crippen molar-refractivity contribution in [1.82, 2.24) is 0 Å². The fraction of sp³-hybridized carbons (Fsp3) is 0.417. The van der Waals surface area contributed by atoms with E-state index in [1.165, 1.54) is 7.11 Å². The Labute approximate surface area is 146 Å². The molecule has 0 aromatic heterocycles. The van der Waals surface area contributed by atoms with E-state index in [2.05, 4.69) is 22.6 Å². The van der Waals surface area contributed by atoms with Gasteiger partial charge in [-0.25, -0.2) is 0 Å². The summed E-state index contributed by atoms with van der Waals surface area (Å²) in [5.74, 6) is -0.274. The van der Waals surface area contributed by atoms with Gasteiger partial charge in [-0.15, -0.1) is 12.4 Å². The van der Waals surface area contributed by atoms with E-state index in [4.69, 9.17) is 10.5 Å². The lowest BCUT2D eigenvalue weighted by Gasteiger charge is -2.29. The number of carbonyl (C=O) groups excluding carboxylic acids is 1. The number of hydrogen-bond acceptors (Lipinski definition) is 4. The highest BCUT2D eigenvalue weighted by molar-refractivity contribution is 14.1. The van der Waals surface area contributed by atoms with Crippen molar-refractivity contribution < 1.29 is 14.6 Å². The topological polar surface area (TPSA) is 72.5 Å². The van der Waals surface area contributed by atoms with Crippen molar-refractivity contribution in [1.29, 1.82) is 0 Å². The van der Waals surface area contributed by atoms with Gasteiger partial charge >= 0.3 is 5.97 Å². The molecule has 0 unspecified atom stereocenters. The van der Waals surface area contributed by atoms with Gasteiger partial charge in [-0.1, -0.05) is 0 Å². The molecule has 108 valence electrons. The lowest BCUT2D eigenvalue weighted by molar-refractivity contribution is -0.152. The van der Waals surface area contributed by atoms with Crippen molar-refractivity contribution in [2.45, 2.75) is 19.9 Å². The second kappa shape index (κ2) is 7.28.